The zero-order valence-electron chi connectivity index (χ0n) is 16.0. The van der Waals surface area contributed by atoms with Gasteiger partial charge in [-0.15, -0.1) is 0 Å². The number of aryl methyl sites for hydroxylation is 1. The van der Waals surface area contributed by atoms with Crippen molar-refractivity contribution in [2.75, 3.05) is 18.4 Å². The summed E-state index contributed by atoms with van der Waals surface area (Å²) in [6.45, 7) is 3.47. The predicted molar refractivity (Wildman–Crippen MR) is 100 cm³/mol. The van der Waals surface area contributed by atoms with Gasteiger partial charge in [-0.1, -0.05) is 19.1 Å². The zero-order valence-corrected chi connectivity index (χ0v) is 16.0. The molecule has 1 aromatic heterocycles. The molecule has 1 aromatic carbocycles. The van der Waals surface area contributed by atoms with Crippen LogP contribution in [0.25, 0.3) is 0 Å². The highest BCUT2D eigenvalue weighted by Gasteiger charge is 2.33. The van der Waals surface area contributed by atoms with Crippen LogP contribution in [0.15, 0.2) is 41.2 Å². The Morgan fingerprint density at radius 3 is 2.45 bits per heavy atom. The minimum absolute atomic E-state index is 0.0246. The minimum atomic E-state index is -4.62. The first-order valence-corrected chi connectivity index (χ1v) is 9.00. The molecule has 0 saturated carbocycles. The van der Waals surface area contributed by atoms with Gasteiger partial charge in [-0.05, 0) is 31.5 Å². The van der Waals surface area contributed by atoms with Gasteiger partial charge in [0.1, 0.15) is 12.2 Å². The molecule has 2 aromatic rings. The molecule has 0 unspecified atom stereocenters. The molecule has 10 heteroatoms. The predicted octanol–water partition coefficient (Wildman–Crippen LogP) is 2.77. The average molecular weight is 410 g/mol. The average Bonchev–Trinajstić information content (AvgIpc) is 2.67. The van der Waals surface area contributed by atoms with Gasteiger partial charge >= 0.3 is 6.18 Å². The minimum Gasteiger partial charge on any atom is -0.328 e. The molecule has 29 heavy (non-hydrogen) atoms. The van der Waals surface area contributed by atoms with Crippen LogP contribution in [0.1, 0.15) is 36.3 Å². The fourth-order valence-electron chi connectivity index (χ4n) is 2.63. The van der Waals surface area contributed by atoms with E-state index in [4.69, 9.17) is 0 Å². The normalized spacial score (nSPS) is 11.2. The molecule has 2 rings (SSSR count). The van der Waals surface area contributed by atoms with Gasteiger partial charge < -0.3 is 10.2 Å². The summed E-state index contributed by atoms with van der Waals surface area (Å²) in [5.41, 5.74) is -1.74. The van der Waals surface area contributed by atoms with Crippen LogP contribution in [-0.2, 0) is 17.5 Å². The fourth-order valence-corrected chi connectivity index (χ4v) is 2.63. The molecule has 2 amide bonds. The van der Waals surface area contributed by atoms with E-state index in [1.807, 2.05) is 6.92 Å². The number of hydrogen-bond acceptors (Lipinski definition) is 4. The van der Waals surface area contributed by atoms with Gasteiger partial charge in [0.05, 0.1) is 11.3 Å². The number of para-hydroxylation sites is 1. The molecule has 0 atom stereocenters. The number of carbonyl (C=O) groups excluding carboxylic acids is 2. The zero-order chi connectivity index (χ0) is 21.6. The maximum atomic E-state index is 13.1. The highest BCUT2D eigenvalue weighted by molar-refractivity contribution is 5.98. The third-order valence-corrected chi connectivity index (χ3v) is 4.03. The number of nitrogens with one attached hydrogen (secondary N) is 1. The molecule has 0 aliphatic rings. The highest BCUT2D eigenvalue weighted by Crippen LogP contribution is 2.34. The maximum Gasteiger partial charge on any atom is 0.418 e. The standard InChI is InChI=1S/C19H21F3N4O3/c1-3-11-26-17(28)10-9-15(24-26)18(29)25(4-2)12-16(27)23-14-8-6-5-7-13(14)19(20,21)22/h5-10H,3-4,11-12H2,1-2H3,(H,23,27). The lowest BCUT2D eigenvalue weighted by Gasteiger charge is -2.21. The van der Waals surface area contributed by atoms with Crippen LogP contribution in [0, 0.1) is 0 Å². The Morgan fingerprint density at radius 1 is 1.14 bits per heavy atom. The second kappa shape index (κ2) is 9.35. The molecule has 0 spiro atoms. The molecule has 1 heterocycles. The Morgan fingerprint density at radius 2 is 1.83 bits per heavy atom. The summed E-state index contributed by atoms with van der Waals surface area (Å²) in [5, 5.41) is 6.20. The topological polar surface area (TPSA) is 84.3 Å². The molecule has 156 valence electrons. The van der Waals surface area contributed by atoms with Gasteiger partial charge in [-0.2, -0.15) is 18.3 Å². The lowest BCUT2D eigenvalue weighted by molar-refractivity contribution is -0.137. The summed E-state index contributed by atoms with van der Waals surface area (Å²) in [7, 11) is 0. The first kappa shape index (κ1) is 22.1. The smallest absolute Gasteiger partial charge is 0.328 e. The number of benzene rings is 1. The lowest BCUT2D eigenvalue weighted by Crippen LogP contribution is -2.39. The van der Waals surface area contributed by atoms with E-state index in [-0.39, 0.29) is 23.5 Å². The van der Waals surface area contributed by atoms with E-state index in [1.54, 1.807) is 6.92 Å². The first-order valence-electron chi connectivity index (χ1n) is 9.00. The molecule has 0 aliphatic heterocycles. The Balaban J connectivity index is 2.16. The van der Waals surface area contributed by atoms with Gasteiger partial charge in [-0.25, -0.2) is 4.68 Å². The summed E-state index contributed by atoms with van der Waals surface area (Å²) < 4.78 is 40.3. The summed E-state index contributed by atoms with van der Waals surface area (Å²) >= 11 is 0. The highest BCUT2D eigenvalue weighted by atomic mass is 19.4. The van der Waals surface area contributed by atoms with Crippen molar-refractivity contribution >= 4 is 17.5 Å². The third-order valence-electron chi connectivity index (χ3n) is 4.03. The van der Waals surface area contributed by atoms with Gasteiger partial charge in [0.25, 0.3) is 11.5 Å². The van der Waals surface area contributed by atoms with Crippen LogP contribution in [-0.4, -0.2) is 39.6 Å². The Labute approximate surface area is 165 Å². The number of amides is 2. The Hall–Kier alpha value is -3.17. The van der Waals surface area contributed by atoms with E-state index < -0.39 is 30.1 Å². The third kappa shape index (κ3) is 5.66. The number of anilines is 1. The molecule has 0 radical (unpaired) electrons. The monoisotopic (exact) mass is 410 g/mol. The van der Waals surface area contributed by atoms with Crippen molar-refractivity contribution in [3.63, 3.8) is 0 Å². The van der Waals surface area contributed by atoms with E-state index >= 15 is 0 Å². The van der Waals surface area contributed by atoms with Crippen LogP contribution in [0.4, 0.5) is 18.9 Å². The number of hydrogen-bond donors (Lipinski definition) is 1. The van der Waals surface area contributed by atoms with Crippen molar-refractivity contribution in [3.05, 3.63) is 58.0 Å². The van der Waals surface area contributed by atoms with Gasteiger partial charge in [0.15, 0.2) is 0 Å². The number of alkyl halides is 3. The van der Waals surface area contributed by atoms with E-state index in [2.05, 4.69) is 10.4 Å². The molecule has 0 saturated heterocycles. The van der Waals surface area contributed by atoms with Gasteiger partial charge in [-0.3, -0.25) is 14.4 Å². The number of carbonyl (C=O) groups is 2. The number of nitrogens with zero attached hydrogens (tertiary/aromatic N) is 3. The second-order valence-electron chi connectivity index (χ2n) is 6.19. The number of likely N-dealkylation sites (N-methyl/N-ethyl adjacent to an activating group) is 1. The molecular formula is C19H21F3N4O3. The first-order chi connectivity index (χ1) is 13.7. The molecular weight excluding hydrogens is 389 g/mol. The number of rotatable bonds is 7. The fraction of sp³-hybridized carbons (Fsp3) is 0.368. The largest absolute Gasteiger partial charge is 0.418 e. The molecule has 1 N–H and O–H groups in total. The van der Waals surface area contributed by atoms with E-state index in [1.165, 1.54) is 24.3 Å². The van der Waals surface area contributed by atoms with Crippen molar-refractivity contribution in [2.45, 2.75) is 33.0 Å². The van der Waals surface area contributed by atoms with Crippen LogP contribution < -0.4 is 10.9 Å². The molecule has 0 aliphatic carbocycles. The summed E-state index contributed by atoms with van der Waals surface area (Å²) in [6.07, 6.45) is -3.98. The van der Waals surface area contributed by atoms with Crippen LogP contribution in [0.2, 0.25) is 0 Å². The van der Waals surface area contributed by atoms with Crippen molar-refractivity contribution in [2.24, 2.45) is 0 Å². The second-order valence-corrected chi connectivity index (χ2v) is 6.19. The lowest BCUT2D eigenvalue weighted by atomic mass is 10.1. The summed E-state index contributed by atoms with van der Waals surface area (Å²) in [4.78, 5) is 37.8. The Bertz CT molecular complexity index is 941. The molecule has 0 bridgehead atoms. The summed E-state index contributed by atoms with van der Waals surface area (Å²) in [5.74, 6) is -1.38. The van der Waals surface area contributed by atoms with Gasteiger partial charge in [0.2, 0.25) is 5.91 Å². The van der Waals surface area contributed by atoms with Crippen LogP contribution >= 0.6 is 0 Å². The molecule has 7 nitrogen and oxygen atoms in total. The van der Waals surface area contributed by atoms with E-state index in [0.717, 1.165) is 21.7 Å². The van der Waals surface area contributed by atoms with Crippen molar-refractivity contribution < 1.29 is 22.8 Å². The number of halogens is 3. The van der Waals surface area contributed by atoms with Crippen molar-refractivity contribution in [3.8, 4) is 0 Å². The number of aromatic nitrogens is 2. The summed E-state index contributed by atoms with van der Waals surface area (Å²) in [6, 6.07) is 7.06. The van der Waals surface area contributed by atoms with Crippen molar-refractivity contribution in [1.82, 2.24) is 14.7 Å². The van der Waals surface area contributed by atoms with Crippen LogP contribution in [0.3, 0.4) is 0 Å². The van der Waals surface area contributed by atoms with Crippen LogP contribution in [0.5, 0.6) is 0 Å². The van der Waals surface area contributed by atoms with E-state index in [0.29, 0.717) is 13.0 Å². The maximum absolute atomic E-state index is 13.1. The SMILES string of the molecule is CCCn1nc(C(=O)N(CC)CC(=O)Nc2ccccc2C(F)(F)F)ccc1=O. The quantitative estimate of drug-likeness (QED) is 0.761. The van der Waals surface area contributed by atoms with Gasteiger partial charge in [0, 0.05) is 19.2 Å². The molecule has 0 fully saturated rings. The van der Waals surface area contributed by atoms with E-state index in [9.17, 15) is 27.6 Å². The Kier molecular flexibility index (Phi) is 7.13. The van der Waals surface area contributed by atoms with Crippen molar-refractivity contribution in [1.29, 1.82) is 0 Å².